The lowest BCUT2D eigenvalue weighted by molar-refractivity contribution is 0.388. The summed E-state index contributed by atoms with van der Waals surface area (Å²) in [6.07, 6.45) is 5.18. The molecule has 0 spiro atoms. The molecule has 0 atom stereocenters. The zero-order chi connectivity index (χ0) is 17.6. The van der Waals surface area contributed by atoms with E-state index in [0.29, 0.717) is 5.11 Å². The molecule has 2 aromatic rings. The van der Waals surface area contributed by atoms with Gasteiger partial charge in [-0.2, -0.15) is 0 Å². The fourth-order valence-corrected chi connectivity index (χ4v) is 2.99. The van der Waals surface area contributed by atoms with E-state index in [1.165, 1.54) is 0 Å². The van der Waals surface area contributed by atoms with Crippen LogP contribution in [0.3, 0.4) is 0 Å². The number of anilines is 2. The Bertz CT molecular complexity index is 720. The molecule has 0 unspecified atom stereocenters. The van der Waals surface area contributed by atoms with Gasteiger partial charge in [0.1, 0.15) is 17.3 Å². The highest BCUT2D eigenvalue weighted by atomic mass is 32.1. The van der Waals surface area contributed by atoms with Gasteiger partial charge in [0.2, 0.25) is 0 Å². The Morgan fingerprint density at radius 1 is 1.12 bits per heavy atom. The number of ether oxygens (including phenoxy) is 2. The Morgan fingerprint density at radius 3 is 2.56 bits per heavy atom. The van der Waals surface area contributed by atoms with Crippen LogP contribution in [-0.2, 0) is 0 Å². The maximum Gasteiger partial charge on any atom is 0.173 e. The second kappa shape index (κ2) is 7.98. The molecule has 1 saturated heterocycles. The van der Waals surface area contributed by atoms with Crippen LogP contribution in [0.5, 0.6) is 11.5 Å². The molecule has 0 radical (unpaired) electrons. The largest absolute Gasteiger partial charge is 0.497 e. The third-order valence-electron chi connectivity index (χ3n) is 4.09. The van der Waals surface area contributed by atoms with Crippen molar-refractivity contribution in [2.45, 2.75) is 0 Å². The van der Waals surface area contributed by atoms with Gasteiger partial charge in [-0.05, 0) is 24.4 Å². The van der Waals surface area contributed by atoms with Crippen LogP contribution >= 0.6 is 12.2 Å². The van der Waals surface area contributed by atoms with Crippen molar-refractivity contribution in [3.8, 4) is 11.5 Å². The highest BCUT2D eigenvalue weighted by Crippen LogP contribution is 2.29. The van der Waals surface area contributed by atoms with Gasteiger partial charge in [0.15, 0.2) is 5.11 Å². The van der Waals surface area contributed by atoms with Crippen LogP contribution < -0.4 is 19.7 Å². The minimum atomic E-state index is 0.672. The molecule has 25 heavy (non-hydrogen) atoms. The van der Waals surface area contributed by atoms with Gasteiger partial charge >= 0.3 is 0 Å². The van der Waals surface area contributed by atoms with E-state index >= 15 is 0 Å². The van der Waals surface area contributed by atoms with Crippen molar-refractivity contribution >= 4 is 28.8 Å². The number of methoxy groups -OCH3 is 2. The lowest BCUT2D eigenvalue weighted by atomic mass is 10.2. The van der Waals surface area contributed by atoms with E-state index in [2.05, 4.69) is 25.1 Å². The van der Waals surface area contributed by atoms with E-state index in [1.807, 2.05) is 18.2 Å². The first-order chi connectivity index (χ1) is 12.2. The van der Waals surface area contributed by atoms with E-state index in [-0.39, 0.29) is 0 Å². The van der Waals surface area contributed by atoms with Gasteiger partial charge in [0.25, 0.3) is 0 Å². The maximum atomic E-state index is 5.57. The number of rotatable bonds is 4. The van der Waals surface area contributed by atoms with Crippen molar-refractivity contribution in [1.29, 1.82) is 0 Å². The topological polar surface area (TPSA) is 62.8 Å². The fourth-order valence-electron chi connectivity index (χ4n) is 2.70. The summed E-state index contributed by atoms with van der Waals surface area (Å²) in [7, 11) is 3.27. The summed E-state index contributed by atoms with van der Waals surface area (Å²) in [5.74, 6) is 2.37. The molecule has 8 heteroatoms. The average Bonchev–Trinajstić information content (AvgIpc) is 2.68. The summed E-state index contributed by atoms with van der Waals surface area (Å²) in [5, 5.41) is 3.94. The van der Waals surface area contributed by atoms with Crippen LogP contribution in [0.15, 0.2) is 36.8 Å². The minimum Gasteiger partial charge on any atom is -0.497 e. The lowest BCUT2D eigenvalue weighted by Gasteiger charge is -2.36. The van der Waals surface area contributed by atoms with Gasteiger partial charge in [-0.3, -0.25) is 4.98 Å². The standard InChI is InChI=1S/C17H21N5O2S/c1-23-13-3-4-15(24-2)14(11-13)20-17(25)22-9-7-21(8-10-22)16-12-18-5-6-19-16/h3-6,11-12H,7-10H2,1-2H3,(H,20,25). The van der Waals surface area contributed by atoms with Gasteiger partial charge < -0.3 is 24.6 Å². The maximum absolute atomic E-state index is 5.57. The van der Waals surface area contributed by atoms with Crippen molar-refractivity contribution in [3.05, 3.63) is 36.8 Å². The molecule has 0 saturated carbocycles. The smallest absolute Gasteiger partial charge is 0.173 e. The third-order valence-corrected chi connectivity index (χ3v) is 4.45. The number of thiocarbonyl (C=S) groups is 1. The molecule has 0 bridgehead atoms. The van der Waals surface area contributed by atoms with E-state index in [1.54, 1.807) is 32.8 Å². The van der Waals surface area contributed by atoms with E-state index in [0.717, 1.165) is 49.2 Å². The average molecular weight is 359 g/mol. The predicted molar refractivity (Wildman–Crippen MR) is 102 cm³/mol. The Hall–Kier alpha value is -2.61. The number of piperazine rings is 1. The van der Waals surface area contributed by atoms with Gasteiger partial charge in [-0.1, -0.05) is 0 Å². The van der Waals surface area contributed by atoms with E-state index < -0.39 is 0 Å². The second-order valence-electron chi connectivity index (χ2n) is 5.53. The van der Waals surface area contributed by atoms with Crippen LogP contribution in [0.2, 0.25) is 0 Å². The summed E-state index contributed by atoms with van der Waals surface area (Å²) < 4.78 is 10.7. The normalized spacial score (nSPS) is 14.2. The number of hydrogen-bond acceptors (Lipinski definition) is 6. The Kier molecular flexibility index (Phi) is 5.49. The van der Waals surface area contributed by atoms with Gasteiger partial charge in [-0.15, -0.1) is 0 Å². The van der Waals surface area contributed by atoms with E-state index in [9.17, 15) is 0 Å². The molecule has 1 aliphatic rings. The summed E-state index contributed by atoms with van der Waals surface area (Å²) in [5.41, 5.74) is 0.795. The van der Waals surface area contributed by atoms with Crippen LogP contribution in [0.1, 0.15) is 0 Å². The summed E-state index contributed by atoms with van der Waals surface area (Å²) in [6.45, 7) is 3.31. The zero-order valence-electron chi connectivity index (χ0n) is 14.3. The number of nitrogens with one attached hydrogen (secondary N) is 1. The number of benzene rings is 1. The fraction of sp³-hybridized carbons (Fsp3) is 0.353. The van der Waals surface area contributed by atoms with E-state index in [4.69, 9.17) is 21.7 Å². The monoisotopic (exact) mass is 359 g/mol. The molecule has 2 heterocycles. The highest BCUT2D eigenvalue weighted by molar-refractivity contribution is 7.80. The van der Waals surface area contributed by atoms with Crippen molar-refractivity contribution in [1.82, 2.24) is 14.9 Å². The molecule has 7 nitrogen and oxygen atoms in total. The number of nitrogens with zero attached hydrogens (tertiary/aromatic N) is 4. The van der Waals surface area contributed by atoms with Gasteiger partial charge in [0.05, 0.1) is 26.1 Å². The van der Waals surface area contributed by atoms with Crippen molar-refractivity contribution in [3.63, 3.8) is 0 Å². The molecule has 1 aromatic carbocycles. The van der Waals surface area contributed by atoms with Crippen LogP contribution in [-0.4, -0.2) is 60.4 Å². The quantitative estimate of drug-likeness (QED) is 0.832. The first-order valence-electron chi connectivity index (χ1n) is 8.00. The molecule has 3 rings (SSSR count). The zero-order valence-corrected chi connectivity index (χ0v) is 15.1. The molecule has 1 N–H and O–H groups in total. The van der Waals surface area contributed by atoms with Crippen molar-refractivity contribution in [2.24, 2.45) is 0 Å². The van der Waals surface area contributed by atoms with Crippen LogP contribution in [0.4, 0.5) is 11.5 Å². The molecular weight excluding hydrogens is 338 g/mol. The summed E-state index contributed by atoms with van der Waals surface area (Å²) in [6, 6.07) is 5.59. The highest BCUT2D eigenvalue weighted by Gasteiger charge is 2.20. The Morgan fingerprint density at radius 2 is 1.92 bits per heavy atom. The molecular formula is C17H21N5O2S. The Labute approximate surface area is 152 Å². The van der Waals surface area contributed by atoms with Crippen LogP contribution in [0.25, 0.3) is 0 Å². The third kappa shape index (κ3) is 4.08. The summed E-state index contributed by atoms with van der Waals surface area (Å²) in [4.78, 5) is 12.8. The number of aromatic nitrogens is 2. The summed E-state index contributed by atoms with van der Waals surface area (Å²) >= 11 is 5.57. The lowest BCUT2D eigenvalue weighted by Crippen LogP contribution is -2.50. The number of hydrogen-bond donors (Lipinski definition) is 1. The molecule has 1 aromatic heterocycles. The van der Waals surface area contributed by atoms with Crippen molar-refractivity contribution in [2.75, 3.05) is 50.6 Å². The Balaban J connectivity index is 1.62. The molecule has 132 valence electrons. The van der Waals surface area contributed by atoms with Gasteiger partial charge in [0, 0.05) is 44.6 Å². The molecule has 1 aliphatic heterocycles. The molecule has 0 amide bonds. The van der Waals surface area contributed by atoms with Gasteiger partial charge in [-0.25, -0.2) is 4.98 Å². The minimum absolute atomic E-state index is 0.672. The first kappa shape index (κ1) is 17.2. The van der Waals surface area contributed by atoms with Crippen molar-refractivity contribution < 1.29 is 9.47 Å². The first-order valence-corrected chi connectivity index (χ1v) is 8.41. The van der Waals surface area contributed by atoms with Crippen LogP contribution in [0, 0.1) is 0 Å². The second-order valence-corrected chi connectivity index (χ2v) is 5.92. The molecule has 0 aliphatic carbocycles. The molecule has 1 fully saturated rings. The SMILES string of the molecule is COc1ccc(OC)c(NC(=S)N2CCN(c3cnccn3)CC2)c1. The predicted octanol–water partition coefficient (Wildman–Crippen LogP) is 2.01.